The van der Waals surface area contributed by atoms with Gasteiger partial charge >= 0.3 is 6.18 Å². The van der Waals surface area contributed by atoms with Gasteiger partial charge in [0.15, 0.2) is 0 Å². The number of hydrogen-bond donors (Lipinski definition) is 1. The van der Waals surface area contributed by atoms with Crippen molar-refractivity contribution in [3.05, 3.63) is 0 Å². The monoisotopic (exact) mass is 327 g/mol. The molecule has 2 nitrogen and oxygen atoms in total. The van der Waals surface area contributed by atoms with Gasteiger partial charge in [-0.05, 0) is 31.1 Å². The Balaban J connectivity index is 2.56. The molecule has 1 N–H and O–H groups in total. The van der Waals surface area contributed by atoms with E-state index >= 15 is 0 Å². The highest BCUT2D eigenvalue weighted by molar-refractivity contribution is 6.17. The van der Waals surface area contributed by atoms with E-state index in [0.29, 0.717) is 31.7 Å². The van der Waals surface area contributed by atoms with Gasteiger partial charge in [0.25, 0.3) is 0 Å². The van der Waals surface area contributed by atoms with Crippen LogP contribution in [0.25, 0.3) is 0 Å². The quantitative estimate of drug-likeness (QED) is 0.714. The Hall–Kier alpha value is -0.450. The molecule has 2 unspecified atom stereocenters. The Morgan fingerprint density at radius 3 is 2.43 bits per heavy atom. The summed E-state index contributed by atoms with van der Waals surface area (Å²) in [7, 11) is 0. The van der Waals surface area contributed by atoms with E-state index in [1.54, 1.807) is 0 Å². The molecule has 0 aromatic heterocycles. The summed E-state index contributed by atoms with van der Waals surface area (Å²) in [6, 6.07) is 0. The van der Waals surface area contributed by atoms with Crippen molar-refractivity contribution in [3.63, 3.8) is 0 Å². The van der Waals surface area contributed by atoms with Crippen LogP contribution in [0.3, 0.4) is 0 Å². The second kappa shape index (κ2) is 7.70. The Bertz CT molecular complexity index is 344. The molecule has 124 valence electrons. The van der Waals surface area contributed by atoms with E-state index in [-0.39, 0.29) is 11.8 Å². The molecule has 0 aromatic carbocycles. The minimum absolute atomic E-state index is 0.0667. The van der Waals surface area contributed by atoms with Crippen LogP contribution in [0.15, 0.2) is 0 Å². The summed E-state index contributed by atoms with van der Waals surface area (Å²) >= 11 is 5.65. The summed E-state index contributed by atoms with van der Waals surface area (Å²) in [4.78, 5) is 12.1. The number of nitrogens with one attached hydrogen (secondary N) is 1. The first-order chi connectivity index (χ1) is 9.67. The smallest absolute Gasteiger partial charge is 0.355 e. The van der Waals surface area contributed by atoms with Crippen molar-refractivity contribution in [2.75, 3.05) is 12.4 Å². The molecule has 0 bridgehead atoms. The molecule has 1 rings (SSSR count). The maximum Gasteiger partial charge on any atom is 0.392 e. The molecule has 1 aliphatic rings. The van der Waals surface area contributed by atoms with Crippen molar-refractivity contribution in [1.82, 2.24) is 5.32 Å². The van der Waals surface area contributed by atoms with E-state index in [1.807, 2.05) is 13.8 Å². The molecule has 0 aliphatic heterocycles. The summed E-state index contributed by atoms with van der Waals surface area (Å²) in [6.45, 7) is 4.37. The van der Waals surface area contributed by atoms with E-state index in [9.17, 15) is 18.0 Å². The van der Waals surface area contributed by atoms with Crippen LogP contribution in [-0.4, -0.2) is 24.5 Å². The SMILES string of the molecule is CC(C)(CCCCl)CNC(=O)C1CCCCC1C(F)(F)F. The molecule has 0 saturated heterocycles. The molecule has 0 radical (unpaired) electrons. The van der Waals surface area contributed by atoms with Gasteiger partial charge in [-0.1, -0.05) is 26.7 Å². The number of alkyl halides is 4. The minimum atomic E-state index is -4.28. The molecule has 0 heterocycles. The molecule has 6 heteroatoms. The molecule has 2 atom stereocenters. The molecule has 21 heavy (non-hydrogen) atoms. The average Bonchev–Trinajstić information content (AvgIpc) is 2.42. The zero-order valence-corrected chi connectivity index (χ0v) is 13.5. The molecule has 0 spiro atoms. The second-order valence-corrected chi connectivity index (χ2v) is 7.09. The lowest BCUT2D eigenvalue weighted by molar-refractivity contribution is -0.198. The van der Waals surface area contributed by atoms with Gasteiger partial charge in [-0.25, -0.2) is 0 Å². The molecular weight excluding hydrogens is 303 g/mol. The van der Waals surface area contributed by atoms with Gasteiger partial charge in [-0.3, -0.25) is 4.79 Å². The summed E-state index contributed by atoms with van der Waals surface area (Å²) in [5, 5.41) is 2.72. The zero-order valence-electron chi connectivity index (χ0n) is 12.7. The van der Waals surface area contributed by atoms with Gasteiger partial charge in [0.1, 0.15) is 0 Å². The van der Waals surface area contributed by atoms with E-state index in [1.165, 1.54) is 0 Å². The van der Waals surface area contributed by atoms with Crippen LogP contribution in [0, 0.1) is 17.3 Å². The van der Waals surface area contributed by atoms with Gasteiger partial charge in [0.05, 0.1) is 5.92 Å². The Kier molecular flexibility index (Phi) is 6.82. The van der Waals surface area contributed by atoms with E-state index in [4.69, 9.17) is 11.6 Å². The van der Waals surface area contributed by atoms with Crippen molar-refractivity contribution in [2.45, 2.75) is 58.5 Å². The molecule has 1 aliphatic carbocycles. The number of hydrogen-bond acceptors (Lipinski definition) is 1. The normalized spacial score (nSPS) is 23.9. The standard InChI is InChI=1S/C15H25ClF3NO/c1-14(2,8-5-9-16)10-20-13(21)11-6-3-4-7-12(11)15(17,18)19/h11-12H,3-10H2,1-2H3,(H,20,21). The van der Waals surface area contributed by atoms with Crippen LogP contribution >= 0.6 is 11.6 Å². The fourth-order valence-electron chi connectivity index (χ4n) is 2.93. The Labute approximate surface area is 129 Å². The topological polar surface area (TPSA) is 29.1 Å². The first-order valence-electron chi connectivity index (χ1n) is 7.58. The highest BCUT2D eigenvalue weighted by atomic mass is 35.5. The molecule has 1 saturated carbocycles. The summed E-state index contributed by atoms with van der Waals surface area (Å²) in [5.41, 5.74) is -0.146. The van der Waals surface area contributed by atoms with Crippen LogP contribution in [0.1, 0.15) is 52.4 Å². The maximum atomic E-state index is 13.0. The number of rotatable bonds is 6. The van der Waals surface area contributed by atoms with Crippen molar-refractivity contribution in [1.29, 1.82) is 0 Å². The molecule has 1 amide bonds. The van der Waals surface area contributed by atoms with E-state index < -0.39 is 23.9 Å². The van der Waals surface area contributed by atoms with Crippen LogP contribution in [-0.2, 0) is 4.79 Å². The largest absolute Gasteiger partial charge is 0.392 e. The predicted molar refractivity (Wildman–Crippen MR) is 78.2 cm³/mol. The minimum Gasteiger partial charge on any atom is -0.355 e. The van der Waals surface area contributed by atoms with Crippen LogP contribution in [0.2, 0.25) is 0 Å². The molecule has 0 aromatic rings. The first-order valence-corrected chi connectivity index (χ1v) is 8.11. The third kappa shape index (κ3) is 6.05. The fraction of sp³-hybridized carbons (Fsp3) is 0.933. The van der Waals surface area contributed by atoms with Gasteiger partial charge < -0.3 is 5.32 Å². The second-order valence-electron chi connectivity index (χ2n) is 6.71. The van der Waals surface area contributed by atoms with Crippen LogP contribution in [0.5, 0.6) is 0 Å². The van der Waals surface area contributed by atoms with Gasteiger partial charge in [0, 0.05) is 18.3 Å². The van der Waals surface area contributed by atoms with Crippen molar-refractivity contribution in [2.24, 2.45) is 17.3 Å². The average molecular weight is 328 g/mol. The summed E-state index contributed by atoms with van der Waals surface area (Å²) < 4.78 is 39.0. The third-order valence-corrected chi connectivity index (χ3v) is 4.52. The predicted octanol–water partition coefficient (Wildman–Crippen LogP) is 4.52. The molecule has 1 fully saturated rings. The highest BCUT2D eigenvalue weighted by Gasteiger charge is 2.48. The molecular formula is C15H25ClF3NO. The zero-order chi connectivity index (χ0) is 16.1. The van der Waals surface area contributed by atoms with Crippen molar-refractivity contribution in [3.8, 4) is 0 Å². The van der Waals surface area contributed by atoms with Crippen molar-refractivity contribution < 1.29 is 18.0 Å². The number of carbonyl (C=O) groups is 1. The highest BCUT2D eigenvalue weighted by Crippen LogP contribution is 2.41. The van der Waals surface area contributed by atoms with Crippen LogP contribution < -0.4 is 5.32 Å². The lowest BCUT2D eigenvalue weighted by Crippen LogP contribution is -2.44. The van der Waals surface area contributed by atoms with Gasteiger partial charge in [0.2, 0.25) is 5.91 Å². The number of halogens is 4. The number of carbonyl (C=O) groups excluding carboxylic acids is 1. The first kappa shape index (κ1) is 18.6. The van der Waals surface area contributed by atoms with E-state index in [0.717, 1.165) is 12.8 Å². The maximum absolute atomic E-state index is 13.0. The van der Waals surface area contributed by atoms with Crippen LogP contribution in [0.4, 0.5) is 13.2 Å². The fourth-order valence-corrected chi connectivity index (χ4v) is 3.06. The Morgan fingerprint density at radius 2 is 1.86 bits per heavy atom. The van der Waals surface area contributed by atoms with Gasteiger partial charge in [-0.2, -0.15) is 13.2 Å². The lowest BCUT2D eigenvalue weighted by Gasteiger charge is -2.33. The van der Waals surface area contributed by atoms with E-state index in [2.05, 4.69) is 5.32 Å². The van der Waals surface area contributed by atoms with Gasteiger partial charge in [-0.15, -0.1) is 11.6 Å². The third-order valence-electron chi connectivity index (χ3n) is 4.25. The summed E-state index contributed by atoms with van der Waals surface area (Å²) in [5.74, 6) is -2.31. The summed E-state index contributed by atoms with van der Waals surface area (Å²) in [6.07, 6.45) is -0.968. The lowest BCUT2D eigenvalue weighted by atomic mass is 9.78. The van der Waals surface area contributed by atoms with Crippen molar-refractivity contribution >= 4 is 17.5 Å². The Morgan fingerprint density at radius 1 is 1.24 bits per heavy atom. The number of amides is 1.